The van der Waals surface area contributed by atoms with Gasteiger partial charge in [-0.3, -0.25) is 9.63 Å². The van der Waals surface area contributed by atoms with Crippen LogP contribution < -0.4 is 0 Å². The zero-order valence-electron chi connectivity index (χ0n) is 9.42. The summed E-state index contributed by atoms with van der Waals surface area (Å²) in [7, 11) is 0. The standard InChI is InChI=1S/C11H22NO2/c1-3-5-7-9-12(11-13)14-10-8-6-4-2/h3-10H2,1-2H3. The lowest BCUT2D eigenvalue weighted by Crippen LogP contribution is -2.24. The third-order valence-corrected chi connectivity index (χ3v) is 2.06. The molecule has 0 aromatic rings. The summed E-state index contributed by atoms with van der Waals surface area (Å²) in [4.78, 5) is 15.7. The predicted molar refractivity (Wildman–Crippen MR) is 57.4 cm³/mol. The van der Waals surface area contributed by atoms with Crippen LogP contribution in [-0.2, 0) is 9.63 Å². The smallest absolute Gasteiger partial charge is 0.271 e. The van der Waals surface area contributed by atoms with E-state index in [1.165, 1.54) is 11.5 Å². The van der Waals surface area contributed by atoms with Gasteiger partial charge in [-0.25, -0.2) is 5.06 Å². The molecule has 0 spiro atoms. The molecule has 14 heavy (non-hydrogen) atoms. The molecule has 0 saturated heterocycles. The molecule has 1 amide bonds. The number of hydrogen-bond donors (Lipinski definition) is 0. The third kappa shape index (κ3) is 8.05. The molecule has 0 unspecified atom stereocenters. The molecule has 3 nitrogen and oxygen atoms in total. The van der Waals surface area contributed by atoms with Gasteiger partial charge in [0.05, 0.1) is 6.61 Å². The van der Waals surface area contributed by atoms with Crippen molar-refractivity contribution in [2.45, 2.75) is 52.4 Å². The molecule has 0 aromatic carbocycles. The summed E-state index contributed by atoms with van der Waals surface area (Å²) in [5.41, 5.74) is 0. The maximum absolute atomic E-state index is 10.4. The number of hydrogen-bond acceptors (Lipinski definition) is 2. The Balaban J connectivity index is 3.33. The van der Waals surface area contributed by atoms with E-state index in [0.29, 0.717) is 13.2 Å². The molecule has 0 N–H and O–H groups in total. The molecular weight excluding hydrogens is 178 g/mol. The third-order valence-electron chi connectivity index (χ3n) is 2.06. The normalized spacial score (nSPS) is 10.1. The quantitative estimate of drug-likeness (QED) is 0.308. The molecule has 1 radical (unpaired) electrons. The molecule has 0 rings (SSSR count). The highest BCUT2D eigenvalue weighted by Crippen LogP contribution is 1.99. The van der Waals surface area contributed by atoms with Gasteiger partial charge in [-0.1, -0.05) is 39.5 Å². The summed E-state index contributed by atoms with van der Waals surface area (Å²) < 4.78 is 0. The van der Waals surface area contributed by atoms with E-state index < -0.39 is 0 Å². The van der Waals surface area contributed by atoms with Gasteiger partial charge in [-0.2, -0.15) is 0 Å². The Hall–Kier alpha value is -0.570. The van der Waals surface area contributed by atoms with E-state index in [9.17, 15) is 4.79 Å². The van der Waals surface area contributed by atoms with Gasteiger partial charge < -0.3 is 0 Å². The summed E-state index contributed by atoms with van der Waals surface area (Å²) in [6.45, 7) is 5.58. The lowest BCUT2D eigenvalue weighted by atomic mass is 10.2. The average Bonchev–Trinajstić information content (AvgIpc) is 2.22. The average molecular weight is 200 g/mol. The second kappa shape index (κ2) is 10.5. The molecule has 83 valence electrons. The van der Waals surface area contributed by atoms with Crippen molar-refractivity contribution >= 4 is 6.41 Å². The largest absolute Gasteiger partial charge is 0.337 e. The van der Waals surface area contributed by atoms with Gasteiger partial charge in [0.15, 0.2) is 0 Å². The molecule has 0 saturated carbocycles. The molecule has 0 aromatic heterocycles. The van der Waals surface area contributed by atoms with Crippen LogP contribution in [0.15, 0.2) is 0 Å². The van der Waals surface area contributed by atoms with Crippen molar-refractivity contribution in [2.75, 3.05) is 13.2 Å². The van der Waals surface area contributed by atoms with E-state index >= 15 is 0 Å². The van der Waals surface area contributed by atoms with Crippen LogP contribution >= 0.6 is 0 Å². The van der Waals surface area contributed by atoms with Crippen LogP contribution in [0.2, 0.25) is 0 Å². The van der Waals surface area contributed by atoms with Crippen LogP contribution in [0.1, 0.15) is 52.4 Å². The van der Waals surface area contributed by atoms with E-state index in [-0.39, 0.29) is 0 Å². The van der Waals surface area contributed by atoms with Gasteiger partial charge in [0.2, 0.25) is 0 Å². The van der Waals surface area contributed by atoms with Crippen molar-refractivity contribution in [1.29, 1.82) is 0 Å². The van der Waals surface area contributed by atoms with Gasteiger partial charge in [0, 0.05) is 6.54 Å². The zero-order chi connectivity index (χ0) is 10.6. The van der Waals surface area contributed by atoms with E-state index in [0.717, 1.165) is 32.1 Å². The highest BCUT2D eigenvalue weighted by atomic mass is 16.7. The van der Waals surface area contributed by atoms with Crippen molar-refractivity contribution in [3.8, 4) is 0 Å². The second-order valence-electron chi connectivity index (χ2n) is 3.44. The number of unbranched alkanes of at least 4 members (excludes halogenated alkanes) is 4. The predicted octanol–water partition coefficient (Wildman–Crippen LogP) is 2.67. The first-order valence-corrected chi connectivity index (χ1v) is 5.63. The van der Waals surface area contributed by atoms with Crippen molar-refractivity contribution in [2.24, 2.45) is 0 Å². The van der Waals surface area contributed by atoms with Gasteiger partial charge in [0.25, 0.3) is 0 Å². The number of carbonyl (C=O) groups excluding carboxylic acids is 1. The molecular formula is C11H22NO2. The molecule has 0 fully saturated rings. The monoisotopic (exact) mass is 200 g/mol. The number of rotatable bonds is 10. The first kappa shape index (κ1) is 13.4. The van der Waals surface area contributed by atoms with Crippen molar-refractivity contribution in [3.63, 3.8) is 0 Å². The summed E-state index contributed by atoms with van der Waals surface area (Å²) in [5.74, 6) is 0. The minimum Gasteiger partial charge on any atom is -0.271 e. The summed E-state index contributed by atoms with van der Waals surface area (Å²) in [6.07, 6.45) is 8.43. The van der Waals surface area contributed by atoms with Crippen molar-refractivity contribution in [1.82, 2.24) is 5.06 Å². The highest BCUT2D eigenvalue weighted by molar-refractivity contribution is 5.45. The second-order valence-corrected chi connectivity index (χ2v) is 3.44. The van der Waals surface area contributed by atoms with Crippen LogP contribution in [0.5, 0.6) is 0 Å². The number of amides is 1. The lowest BCUT2D eigenvalue weighted by Gasteiger charge is -2.15. The Bertz CT molecular complexity index is 128. The van der Waals surface area contributed by atoms with E-state index in [4.69, 9.17) is 4.84 Å². The van der Waals surface area contributed by atoms with Crippen LogP contribution in [0.3, 0.4) is 0 Å². The van der Waals surface area contributed by atoms with E-state index in [2.05, 4.69) is 13.8 Å². The molecule has 0 heterocycles. The Morgan fingerprint density at radius 2 is 1.71 bits per heavy atom. The highest BCUT2D eigenvalue weighted by Gasteiger charge is 2.01. The summed E-state index contributed by atoms with van der Waals surface area (Å²) >= 11 is 0. The van der Waals surface area contributed by atoms with Crippen LogP contribution in [-0.4, -0.2) is 24.6 Å². The Labute approximate surface area is 87.4 Å². The van der Waals surface area contributed by atoms with Gasteiger partial charge >= 0.3 is 6.41 Å². The molecule has 0 aliphatic rings. The first-order valence-electron chi connectivity index (χ1n) is 5.63. The van der Waals surface area contributed by atoms with Crippen molar-refractivity contribution in [3.05, 3.63) is 0 Å². The molecule has 0 bridgehead atoms. The summed E-state index contributed by atoms with van der Waals surface area (Å²) in [5, 5.41) is 1.30. The lowest BCUT2D eigenvalue weighted by molar-refractivity contribution is -0.102. The minimum atomic E-state index is 0.634. The van der Waals surface area contributed by atoms with Crippen molar-refractivity contribution < 1.29 is 9.63 Å². The van der Waals surface area contributed by atoms with Crippen LogP contribution in [0, 0.1) is 0 Å². The number of hydroxylamine groups is 2. The topological polar surface area (TPSA) is 29.5 Å². The van der Waals surface area contributed by atoms with Crippen LogP contribution in [0.25, 0.3) is 0 Å². The maximum Gasteiger partial charge on any atom is 0.337 e. The van der Waals surface area contributed by atoms with E-state index in [1.54, 1.807) is 6.41 Å². The van der Waals surface area contributed by atoms with Gasteiger partial charge in [-0.05, 0) is 12.8 Å². The molecule has 0 aliphatic heterocycles. The minimum absolute atomic E-state index is 0.634. The Kier molecular flexibility index (Phi) is 10.1. The molecule has 0 aliphatic carbocycles. The number of nitrogens with zero attached hydrogens (tertiary/aromatic N) is 1. The SMILES string of the molecule is CCCCCON([C]=O)CCCCC. The fraction of sp³-hybridized carbons (Fsp3) is 0.909. The van der Waals surface area contributed by atoms with Gasteiger partial charge in [-0.15, -0.1) is 0 Å². The van der Waals surface area contributed by atoms with E-state index in [1.807, 2.05) is 0 Å². The molecule has 0 atom stereocenters. The fourth-order valence-electron chi connectivity index (χ4n) is 1.17. The fourth-order valence-corrected chi connectivity index (χ4v) is 1.17. The zero-order valence-corrected chi connectivity index (χ0v) is 9.42. The van der Waals surface area contributed by atoms with Crippen LogP contribution in [0.4, 0.5) is 0 Å². The molecule has 3 heteroatoms. The maximum atomic E-state index is 10.4. The Morgan fingerprint density at radius 1 is 1.07 bits per heavy atom. The van der Waals surface area contributed by atoms with Gasteiger partial charge in [0.1, 0.15) is 0 Å². The Morgan fingerprint density at radius 3 is 2.29 bits per heavy atom. The first-order chi connectivity index (χ1) is 6.85. The summed E-state index contributed by atoms with van der Waals surface area (Å²) in [6, 6.07) is 0.